The first-order valence-electron chi connectivity index (χ1n) is 13.0. The van der Waals surface area contributed by atoms with Crippen molar-refractivity contribution in [1.82, 2.24) is 15.2 Å². The molecule has 1 fully saturated rings. The number of fused-ring (bicyclic) bond motifs is 1. The summed E-state index contributed by atoms with van der Waals surface area (Å²) in [5.41, 5.74) is 3.99. The van der Waals surface area contributed by atoms with E-state index in [0.717, 1.165) is 60.1 Å². The molecule has 2 aromatic carbocycles. The fraction of sp³-hybridized carbons (Fsp3) is 0.400. The van der Waals surface area contributed by atoms with Crippen LogP contribution >= 0.6 is 11.6 Å². The molecule has 2 atom stereocenters. The third kappa shape index (κ3) is 4.90. The Balaban J connectivity index is 1.50. The molecule has 1 aromatic heterocycles. The summed E-state index contributed by atoms with van der Waals surface area (Å²) in [5.74, 6) is -2.06. The van der Waals surface area contributed by atoms with Crippen LogP contribution in [0.25, 0.3) is 11.1 Å². The summed E-state index contributed by atoms with van der Waals surface area (Å²) in [7, 11) is 1.95. The molecule has 3 aromatic rings. The highest BCUT2D eigenvalue weighted by Crippen LogP contribution is 2.49. The summed E-state index contributed by atoms with van der Waals surface area (Å²) >= 11 is 6.81. The molecule has 5 nitrogen and oxygen atoms in total. The lowest BCUT2D eigenvalue weighted by atomic mass is 9.88. The number of carbonyl (C=O) groups is 1. The Hall–Kier alpha value is -3.03. The molecule has 1 aliphatic heterocycles. The summed E-state index contributed by atoms with van der Waals surface area (Å²) in [5, 5.41) is 3.33. The van der Waals surface area contributed by atoms with E-state index in [4.69, 9.17) is 16.3 Å². The monoisotopic (exact) mass is 539 g/mol. The molecule has 1 N–H and O–H groups in total. The van der Waals surface area contributed by atoms with Gasteiger partial charge in [-0.1, -0.05) is 12.1 Å². The third-order valence-corrected chi connectivity index (χ3v) is 8.42. The molecule has 0 radical (unpaired) electrons. The van der Waals surface area contributed by atoms with Crippen molar-refractivity contribution in [3.63, 3.8) is 0 Å². The van der Waals surface area contributed by atoms with E-state index in [0.29, 0.717) is 12.6 Å². The normalized spacial score (nSPS) is 24.5. The van der Waals surface area contributed by atoms with Gasteiger partial charge in [-0.2, -0.15) is 0 Å². The number of halogens is 3. The molecule has 2 aliphatic rings. The quantitative estimate of drug-likeness (QED) is 0.384. The Kier molecular flexibility index (Phi) is 7.43. The lowest BCUT2D eigenvalue weighted by Gasteiger charge is -2.39. The maximum atomic E-state index is 14.8. The number of hydrogen-bond acceptors (Lipinski definition) is 4. The Bertz CT molecular complexity index is 1330. The molecule has 1 saturated carbocycles. The third-order valence-electron chi connectivity index (χ3n) is 8.03. The Morgan fingerprint density at radius 1 is 1.08 bits per heavy atom. The zero-order chi connectivity index (χ0) is 27.0. The van der Waals surface area contributed by atoms with E-state index in [1.807, 2.05) is 37.1 Å². The summed E-state index contributed by atoms with van der Waals surface area (Å²) in [6, 6.07) is 12.5. The van der Waals surface area contributed by atoms with Crippen LogP contribution in [0, 0.1) is 18.6 Å². The highest BCUT2D eigenvalue weighted by Gasteiger charge is 2.53. The standard InChI is InChI=1S/C30H32ClF2N3O2/c1-18-4-5-20(19-12-14-35-15-13-19)16-21(18)17-36(23-8-6-22(34-3)7-9-23)29(37)28-30(2,31)26-24(32)10-11-25(33)27(26)38-28/h4-5,10-16,22-23,28,34H,6-9,17H2,1-3H3. The van der Waals surface area contributed by atoms with E-state index < -0.39 is 22.6 Å². The van der Waals surface area contributed by atoms with Crippen molar-refractivity contribution in [3.8, 4) is 16.9 Å². The second kappa shape index (κ2) is 10.6. The number of aryl methyl sites for hydroxylation is 1. The molecule has 200 valence electrons. The van der Waals surface area contributed by atoms with Gasteiger partial charge in [-0.15, -0.1) is 11.6 Å². The number of amides is 1. The summed E-state index contributed by atoms with van der Waals surface area (Å²) in [6.07, 6.45) is 5.71. The Labute approximate surface area is 227 Å². The van der Waals surface area contributed by atoms with Crippen LogP contribution in [0.3, 0.4) is 0 Å². The van der Waals surface area contributed by atoms with E-state index in [9.17, 15) is 13.6 Å². The zero-order valence-corrected chi connectivity index (χ0v) is 22.6. The highest BCUT2D eigenvalue weighted by atomic mass is 35.5. The van der Waals surface area contributed by atoms with Crippen LogP contribution in [-0.4, -0.2) is 41.0 Å². The van der Waals surface area contributed by atoms with Crippen molar-refractivity contribution in [3.05, 3.63) is 83.2 Å². The van der Waals surface area contributed by atoms with Crippen LogP contribution in [0.4, 0.5) is 8.78 Å². The first-order chi connectivity index (χ1) is 18.2. The predicted octanol–water partition coefficient (Wildman–Crippen LogP) is 6.11. The molecule has 8 heteroatoms. The number of pyridine rings is 1. The number of carbonyl (C=O) groups excluding carboxylic acids is 1. The largest absolute Gasteiger partial charge is 0.475 e. The molecule has 5 rings (SSSR count). The second-order valence-corrected chi connectivity index (χ2v) is 11.2. The minimum atomic E-state index is -1.55. The molecular formula is C30H32ClF2N3O2. The van der Waals surface area contributed by atoms with Gasteiger partial charge in [-0.3, -0.25) is 9.78 Å². The van der Waals surface area contributed by atoms with Crippen molar-refractivity contribution in [1.29, 1.82) is 0 Å². The van der Waals surface area contributed by atoms with Crippen molar-refractivity contribution < 1.29 is 18.3 Å². The smallest absolute Gasteiger partial charge is 0.266 e. The topological polar surface area (TPSA) is 54.5 Å². The van der Waals surface area contributed by atoms with Crippen LogP contribution in [0.5, 0.6) is 5.75 Å². The zero-order valence-electron chi connectivity index (χ0n) is 21.8. The molecule has 0 spiro atoms. The number of aromatic nitrogens is 1. The van der Waals surface area contributed by atoms with E-state index in [1.165, 1.54) is 6.92 Å². The number of alkyl halides is 1. The molecule has 1 aliphatic carbocycles. The SMILES string of the molecule is CNC1CCC(N(Cc2cc(-c3ccncc3)ccc2C)C(=O)C2Oc3c(F)ccc(F)c3C2(C)Cl)CC1. The number of nitrogens with zero attached hydrogens (tertiary/aromatic N) is 2. The molecular weight excluding hydrogens is 508 g/mol. The average molecular weight is 540 g/mol. The van der Waals surface area contributed by atoms with Gasteiger partial charge in [0.25, 0.3) is 5.91 Å². The van der Waals surface area contributed by atoms with Crippen molar-refractivity contribution >= 4 is 17.5 Å². The lowest BCUT2D eigenvalue weighted by Crippen LogP contribution is -2.52. The van der Waals surface area contributed by atoms with Gasteiger partial charge in [0.05, 0.1) is 5.56 Å². The van der Waals surface area contributed by atoms with Gasteiger partial charge in [-0.25, -0.2) is 8.78 Å². The predicted molar refractivity (Wildman–Crippen MR) is 144 cm³/mol. The van der Waals surface area contributed by atoms with Crippen molar-refractivity contribution in [2.24, 2.45) is 0 Å². The van der Waals surface area contributed by atoms with Gasteiger partial charge in [-0.05, 0) is 99.2 Å². The van der Waals surface area contributed by atoms with Gasteiger partial charge >= 0.3 is 0 Å². The van der Waals surface area contributed by atoms with Crippen LogP contribution < -0.4 is 10.1 Å². The molecule has 0 saturated heterocycles. The first-order valence-corrected chi connectivity index (χ1v) is 13.4. The van der Waals surface area contributed by atoms with Gasteiger partial charge in [0.15, 0.2) is 11.6 Å². The summed E-state index contributed by atoms with van der Waals surface area (Å²) in [6.45, 7) is 3.88. The molecule has 0 bridgehead atoms. The van der Waals surface area contributed by atoms with E-state index >= 15 is 0 Å². The fourth-order valence-electron chi connectivity index (χ4n) is 5.71. The molecule has 1 amide bonds. The Morgan fingerprint density at radius 3 is 2.42 bits per heavy atom. The van der Waals surface area contributed by atoms with Crippen molar-refractivity contribution in [2.45, 2.75) is 69.1 Å². The lowest BCUT2D eigenvalue weighted by molar-refractivity contribution is -0.143. The van der Waals surface area contributed by atoms with Crippen molar-refractivity contribution in [2.75, 3.05) is 7.05 Å². The van der Waals surface area contributed by atoms with Crippen LogP contribution in [0.1, 0.15) is 49.3 Å². The number of ether oxygens (including phenoxy) is 1. The van der Waals surface area contributed by atoms with Crippen LogP contribution in [0.15, 0.2) is 54.9 Å². The molecule has 2 heterocycles. The van der Waals surface area contributed by atoms with Crippen LogP contribution in [-0.2, 0) is 16.2 Å². The minimum Gasteiger partial charge on any atom is -0.475 e. The minimum absolute atomic E-state index is 0.0504. The number of hydrogen-bond donors (Lipinski definition) is 1. The highest BCUT2D eigenvalue weighted by molar-refractivity contribution is 6.26. The van der Waals surface area contributed by atoms with Gasteiger partial charge in [0.1, 0.15) is 10.7 Å². The molecule has 38 heavy (non-hydrogen) atoms. The number of benzene rings is 2. The average Bonchev–Trinajstić information content (AvgIpc) is 3.22. The van der Waals surface area contributed by atoms with Gasteiger partial charge in [0, 0.05) is 31.0 Å². The summed E-state index contributed by atoms with van der Waals surface area (Å²) < 4.78 is 35.2. The number of rotatable bonds is 6. The second-order valence-electron chi connectivity index (χ2n) is 10.4. The first kappa shape index (κ1) is 26.6. The van der Waals surface area contributed by atoms with Gasteiger partial charge < -0.3 is 15.0 Å². The van der Waals surface area contributed by atoms with Crippen LogP contribution in [0.2, 0.25) is 0 Å². The summed E-state index contributed by atoms with van der Waals surface area (Å²) in [4.78, 5) is 18.6. The maximum absolute atomic E-state index is 14.8. The molecule has 2 unspecified atom stereocenters. The fourth-order valence-corrected chi connectivity index (χ4v) is 6.02. The maximum Gasteiger partial charge on any atom is 0.266 e. The number of nitrogens with one attached hydrogen (secondary N) is 1. The van der Waals surface area contributed by atoms with E-state index in [2.05, 4.69) is 22.4 Å². The van der Waals surface area contributed by atoms with E-state index in [-0.39, 0.29) is 23.3 Å². The van der Waals surface area contributed by atoms with E-state index in [1.54, 1.807) is 12.4 Å². The van der Waals surface area contributed by atoms with Gasteiger partial charge in [0.2, 0.25) is 6.10 Å². The Morgan fingerprint density at radius 2 is 1.76 bits per heavy atom.